The fourth-order valence-electron chi connectivity index (χ4n) is 11.2. The van der Waals surface area contributed by atoms with E-state index in [2.05, 4.69) is 45.7 Å². The first-order valence-corrected chi connectivity index (χ1v) is 15.4. The van der Waals surface area contributed by atoms with Crippen LogP contribution in [0.25, 0.3) is 0 Å². The van der Waals surface area contributed by atoms with Gasteiger partial charge in [-0.1, -0.05) is 46.3 Å². The number of nitrogens with zero attached hydrogens (tertiary/aromatic N) is 3. The molecule has 6 heteroatoms. The van der Waals surface area contributed by atoms with Crippen LogP contribution in [0, 0.1) is 61.6 Å². The standard InChI is InChI=1S/C34H43N3O3/c1-29(2)24-6-7-31(4)25(30(24,3)17-21(19-35)27(29)39)16-23(38)26-22-18-33(9-10-33)11-13-34(22,12-8-32(26,31)5)28(40)37-15-14-36-20-37/h14-17,20,22,24,26-27,39H,6-13,18H2,1-5H3/t22-,24-,26-,27?,30-,31+,32+,34+/m0/s1. The fourth-order valence-corrected chi connectivity index (χ4v) is 11.2. The molecule has 4 saturated carbocycles. The first kappa shape index (κ1) is 26.4. The van der Waals surface area contributed by atoms with Crippen LogP contribution in [-0.4, -0.2) is 32.5 Å². The smallest absolute Gasteiger partial charge is 0.238 e. The van der Waals surface area contributed by atoms with E-state index >= 15 is 0 Å². The predicted octanol–water partition coefficient (Wildman–Crippen LogP) is 6.29. The van der Waals surface area contributed by atoms with Crippen LogP contribution in [0.1, 0.15) is 97.2 Å². The Bertz CT molecular complexity index is 1410. The number of fused-ring (bicyclic) bond motifs is 7. The molecule has 1 heterocycles. The molecule has 0 aromatic carbocycles. The van der Waals surface area contributed by atoms with E-state index in [9.17, 15) is 20.0 Å². The van der Waals surface area contributed by atoms with E-state index in [4.69, 9.17) is 0 Å². The number of aromatic nitrogens is 2. The van der Waals surface area contributed by atoms with Gasteiger partial charge in [0.25, 0.3) is 0 Å². The lowest BCUT2D eigenvalue weighted by atomic mass is 9.34. The van der Waals surface area contributed by atoms with Crippen molar-refractivity contribution in [2.75, 3.05) is 0 Å². The van der Waals surface area contributed by atoms with Crippen LogP contribution in [0.2, 0.25) is 0 Å². The van der Waals surface area contributed by atoms with Crippen molar-refractivity contribution in [3.8, 4) is 6.07 Å². The summed E-state index contributed by atoms with van der Waals surface area (Å²) in [7, 11) is 0. The van der Waals surface area contributed by atoms with Crippen molar-refractivity contribution in [3.05, 3.63) is 42.0 Å². The Hall–Kier alpha value is -2.52. The van der Waals surface area contributed by atoms with Crippen molar-refractivity contribution in [3.63, 3.8) is 0 Å². The second-order valence-electron chi connectivity index (χ2n) is 15.7. The summed E-state index contributed by atoms with van der Waals surface area (Å²) >= 11 is 0. The van der Waals surface area contributed by atoms with E-state index in [-0.39, 0.29) is 40.3 Å². The molecule has 0 saturated heterocycles. The molecule has 40 heavy (non-hydrogen) atoms. The quantitative estimate of drug-likeness (QED) is 0.451. The normalized spacial score (nSPS) is 46.1. The minimum absolute atomic E-state index is 0.0277. The van der Waals surface area contributed by atoms with Crippen LogP contribution < -0.4 is 0 Å². The van der Waals surface area contributed by atoms with Crippen molar-refractivity contribution in [1.82, 2.24) is 9.55 Å². The molecule has 7 rings (SSSR count). The van der Waals surface area contributed by atoms with Crippen molar-refractivity contribution in [1.29, 1.82) is 5.26 Å². The van der Waals surface area contributed by atoms with Gasteiger partial charge in [-0.05, 0) is 97.4 Å². The third-order valence-electron chi connectivity index (χ3n) is 13.9. The highest BCUT2D eigenvalue weighted by Gasteiger charge is 2.72. The van der Waals surface area contributed by atoms with Crippen LogP contribution in [0.15, 0.2) is 42.0 Å². The van der Waals surface area contributed by atoms with E-state index in [1.807, 2.05) is 12.2 Å². The van der Waals surface area contributed by atoms with Gasteiger partial charge in [-0.2, -0.15) is 5.26 Å². The fraction of sp³-hybridized carbons (Fsp3) is 0.706. The van der Waals surface area contributed by atoms with Gasteiger partial charge in [-0.25, -0.2) is 4.98 Å². The molecule has 1 spiro atoms. The van der Waals surface area contributed by atoms with Crippen molar-refractivity contribution in [2.45, 2.75) is 98.5 Å². The lowest BCUT2D eigenvalue weighted by Gasteiger charge is -2.69. The van der Waals surface area contributed by atoms with Gasteiger partial charge in [-0.15, -0.1) is 0 Å². The molecule has 6 aliphatic carbocycles. The average Bonchev–Trinajstić information content (AvgIpc) is 3.42. The molecule has 0 radical (unpaired) electrons. The van der Waals surface area contributed by atoms with Gasteiger partial charge in [-0.3, -0.25) is 14.2 Å². The molecule has 6 aliphatic rings. The van der Waals surface area contributed by atoms with Gasteiger partial charge < -0.3 is 5.11 Å². The van der Waals surface area contributed by atoms with Crippen LogP contribution >= 0.6 is 0 Å². The number of allylic oxidation sites excluding steroid dienone is 3. The Balaban J connectivity index is 1.38. The monoisotopic (exact) mass is 541 g/mol. The molecule has 6 nitrogen and oxygen atoms in total. The molecule has 1 unspecified atom stereocenters. The Morgan fingerprint density at radius 2 is 1.77 bits per heavy atom. The summed E-state index contributed by atoms with van der Waals surface area (Å²) in [5.74, 6) is 0.273. The zero-order chi connectivity index (χ0) is 28.5. The SMILES string of the molecule is CC1(C)C(O)C(C#N)=C[C@]2(C)C3=CC(=O)[C@@H]4[C@@H]5CC6(CC6)CC[C@]5(C(=O)n5ccnc5)CC[C@@]4(C)[C@]3(C)CC[C@@H]12. The zero-order valence-corrected chi connectivity index (χ0v) is 24.7. The van der Waals surface area contributed by atoms with Crippen molar-refractivity contribution < 1.29 is 14.7 Å². The van der Waals surface area contributed by atoms with Gasteiger partial charge in [0.1, 0.15) is 6.33 Å². The molecule has 1 aromatic rings. The number of carbonyl (C=O) groups is 2. The van der Waals surface area contributed by atoms with Gasteiger partial charge >= 0.3 is 0 Å². The molecule has 8 atom stereocenters. The van der Waals surface area contributed by atoms with E-state index in [0.29, 0.717) is 11.0 Å². The maximum Gasteiger partial charge on any atom is 0.238 e. The highest BCUT2D eigenvalue weighted by Crippen LogP contribution is 2.76. The van der Waals surface area contributed by atoms with Crippen LogP contribution in [0.5, 0.6) is 0 Å². The predicted molar refractivity (Wildman–Crippen MR) is 151 cm³/mol. The third kappa shape index (κ3) is 3.00. The maximum absolute atomic E-state index is 14.6. The summed E-state index contributed by atoms with van der Waals surface area (Å²) in [4.78, 5) is 33.0. The second-order valence-corrected chi connectivity index (χ2v) is 15.7. The summed E-state index contributed by atoms with van der Waals surface area (Å²) in [6.07, 6.45) is 17.1. The average molecular weight is 542 g/mol. The number of aliphatic hydroxyl groups excluding tert-OH is 1. The van der Waals surface area contributed by atoms with E-state index in [1.54, 1.807) is 23.3 Å². The number of carbonyl (C=O) groups excluding carboxylic acids is 2. The lowest BCUT2D eigenvalue weighted by Crippen LogP contribution is -2.66. The number of imidazole rings is 1. The van der Waals surface area contributed by atoms with Crippen LogP contribution in [0.4, 0.5) is 0 Å². The summed E-state index contributed by atoms with van der Waals surface area (Å²) in [5, 5.41) is 21.1. The highest BCUT2D eigenvalue weighted by atomic mass is 16.3. The van der Waals surface area contributed by atoms with E-state index in [1.165, 1.54) is 12.8 Å². The summed E-state index contributed by atoms with van der Waals surface area (Å²) in [6, 6.07) is 2.29. The molecule has 1 N–H and O–H groups in total. The number of aliphatic hydroxyl groups is 1. The zero-order valence-electron chi connectivity index (χ0n) is 24.7. The van der Waals surface area contributed by atoms with Gasteiger partial charge in [0, 0.05) is 23.7 Å². The molecule has 0 bridgehead atoms. The molecular formula is C34H43N3O3. The van der Waals surface area contributed by atoms with Crippen molar-refractivity contribution >= 4 is 11.7 Å². The topological polar surface area (TPSA) is 96.0 Å². The number of hydrogen-bond donors (Lipinski definition) is 1. The molecule has 0 amide bonds. The Morgan fingerprint density at radius 3 is 2.42 bits per heavy atom. The van der Waals surface area contributed by atoms with Gasteiger partial charge in [0.2, 0.25) is 5.91 Å². The van der Waals surface area contributed by atoms with Crippen molar-refractivity contribution in [2.24, 2.45) is 50.2 Å². The van der Waals surface area contributed by atoms with Crippen LogP contribution in [-0.2, 0) is 4.79 Å². The largest absolute Gasteiger partial charge is 0.387 e. The van der Waals surface area contributed by atoms with E-state index in [0.717, 1.165) is 50.5 Å². The van der Waals surface area contributed by atoms with Crippen LogP contribution in [0.3, 0.4) is 0 Å². The number of hydrogen-bond acceptors (Lipinski definition) is 5. The van der Waals surface area contributed by atoms with Gasteiger partial charge in [0.15, 0.2) is 5.78 Å². The Labute approximate surface area is 237 Å². The molecular weight excluding hydrogens is 498 g/mol. The minimum atomic E-state index is -0.801. The Morgan fingerprint density at radius 1 is 1.07 bits per heavy atom. The molecule has 0 aliphatic heterocycles. The molecule has 1 aromatic heterocycles. The highest BCUT2D eigenvalue weighted by molar-refractivity contribution is 5.97. The summed E-state index contributed by atoms with van der Waals surface area (Å²) in [6.45, 7) is 11.1. The first-order valence-electron chi connectivity index (χ1n) is 15.4. The minimum Gasteiger partial charge on any atom is -0.387 e. The number of nitriles is 1. The number of ketones is 1. The maximum atomic E-state index is 14.6. The second kappa shape index (κ2) is 7.85. The summed E-state index contributed by atoms with van der Waals surface area (Å²) in [5.41, 5.74) is -0.103. The molecule has 212 valence electrons. The Kier molecular flexibility index (Phi) is 5.18. The van der Waals surface area contributed by atoms with Gasteiger partial charge in [0.05, 0.1) is 23.2 Å². The first-order chi connectivity index (χ1) is 18.8. The molecule has 4 fully saturated rings. The number of rotatable bonds is 1. The third-order valence-corrected chi connectivity index (χ3v) is 13.9. The summed E-state index contributed by atoms with van der Waals surface area (Å²) < 4.78 is 1.67. The van der Waals surface area contributed by atoms with E-state index < -0.39 is 22.3 Å². The lowest BCUT2D eigenvalue weighted by molar-refractivity contribution is -0.163.